The number of carbonyl (C=O) groups is 1. The first-order valence-corrected chi connectivity index (χ1v) is 9.84. The molecule has 0 radical (unpaired) electrons. The number of halogens is 2. The van der Waals surface area contributed by atoms with Gasteiger partial charge in [-0.3, -0.25) is 0 Å². The summed E-state index contributed by atoms with van der Waals surface area (Å²) in [7, 11) is 0. The minimum atomic E-state index is -1.08. The van der Waals surface area contributed by atoms with Crippen molar-refractivity contribution in [3.8, 4) is 17.0 Å². The summed E-state index contributed by atoms with van der Waals surface area (Å²) in [6, 6.07) is 12.1. The highest BCUT2D eigenvalue weighted by Crippen LogP contribution is 2.24. The number of aromatic nitrogens is 1. The van der Waals surface area contributed by atoms with Crippen LogP contribution >= 0.6 is 15.9 Å². The van der Waals surface area contributed by atoms with Crippen LogP contribution in [0.5, 0.6) is 5.75 Å². The quantitative estimate of drug-likeness (QED) is 0.260. The number of carboxylic acids is 1. The minimum absolute atomic E-state index is 0.0392. The number of carboxylic acid groups (broad SMARTS) is 1. The normalized spacial score (nSPS) is 11.4. The summed E-state index contributed by atoms with van der Waals surface area (Å²) < 4.78 is 24.7. The van der Waals surface area contributed by atoms with E-state index in [1.54, 1.807) is 30.3 Å². The number of hydrogen-bond acceptors (Lipinski definition) is 6. The molecule has 0 aliphatic heterocycles. The average Bonchev–Trinajstić information content (AvgIpc) is 3.22. The van der Waals surface area contributed by atoms with Crippen LogP contribution in [0.2, 0.25) is 0 Å². The van der Waals surface area contributed by atoms with Crippen molar-refractivity contribution in [2.75, 3.05) is 13.2 Å². The van der Waals surface area contributed by atoms with Gasteiger partial charge in [0.25, 0.3) is 0 Å². The summed E-state index contributed by atoms with van der Waals surface area (Å²) in [6.45, 7) is 2.31. The first kappa shape index (κ1) is 21.5. The fraction of sp³-hybridized carbons (Fsp3) is 0.190. The molecule has 0 atom stereocenters. The Kier molecular flexibility index (Phi) is 7.18. The van der Waals surface area contributed by atoms with E-state index in [0.29, 0.717) is 39.6 Å². The Labute approximate surface area is 180 Å². The van der Waals surface area contributed by atoms with Gasteiger partial charge in [-0.2, -0.15) is 0 Å². The lowest BCUT2D eigenvalue weighted by Gasteiger charge is -2.08. The number of rotatable bonds is 9. The summed E-state index contributed by atoms with van der Waals surface area (Å²) in [4.78, 5) is 16.6. The summed E-state index contributed by atoms with van der Waals surface area (Å²) in [5.74, 6) is -0.758. The Balaban J connectivity index is 1.80. The predicted octanol–water partition coefficient (Wildman–Crippen LogP) is 5.15. The maximum absolute atomic E-state index is 13.1. The van der Waals surface area contributed by atoms with E-state index >= 15 is 0 Å². The third-order valence-corrected chi connectivity index (χ3v) is 4.64. The van der Waals surface area contributed by atoms with Gasteiger partial charge in [0, 0.05) is 16.1 Å². The van der Waals surface area contributed by atoms with E-state index in [1.807, 2.05) is 6.92 Å². The van der Waals surface area contributed by atoms with Gasteiger partial charge in [0.1, 0.15) is 30.5 Å². The second kappa shape index (κ2) is 10.0. The van der Waals surface area contributed by atoms with Crippen molar-refractivity contribution in [2.45, 2.75) is 13.3 Å². The third kappa shape index (κ3) is 5.44. The van der Waals surface area contributed by atoms with Gasteiger partial charge in [0.2, 0.25) is 0 Å². The van der Waals surface area contributed by atoms with Crippen LogP contribution in [0, 0.1) is 5.82 Å². The number of oxime groups is 1. The minimum Gasteiger partial charge on any atom is -0.487 e. The fourth-order valence-corrected chi connectivity index (χ4v) is 2.85. The van der Waals surface area contributed by atoms with Gasteiger partial charge < -0.3 is 19.2 Å². The molecule has 3 aromatic rings. The second-order valence-electron chi connectivity index (χ2n) is 6.19. The van der Waals surface area contributed by atoms with E-state index in [0.717, 1.165) is 6.42 Å². The molecule has 9 heteroatoms. The summed E-state index contributed by atoms with van der Waals surface area (Å²) in [6.07, 6.45) is 0.767. The topological polar surface area (TPSA) is 94.2 Å². The van der Waals surface area contributed by atoms with Gasteiger partial charge in [0.15, 0.2) is 11.5 Å². The van der Waals surface area contributed by atoms with Crippen LogP contribution in [0.1, 0.15) is 29.5 Å². The highest BCUT2D eigenvalue weighted by atomic mass is 79.9. The first-order valence-electron chi connectivity index (χ1n) is 9.05. The van der Waals surface area contributed by atoms with Crippen LogP contribution in [-0.4, -0.2) is 35.2 Å². The fourth-order valence-electron chi connectivity index (χ4n) is 2.43. The lowest BCUT2D eigenvalue weighted by atomic mass is 10.1. The van der Waals surface area contributed by atoms with Gasteiger partial charge >= 0.3 is 5.97 Å². The lowest BCUT2D eigenvalue weighted by Crippen LogP contribution is -2.13. The Morgan fingerprint density at radius 2 is 2.00 bits per heavy atom. The maximum Gasteiger partial charge on any atom is 0.336 e. The van der Waals surface area contributed by atoms with Crippen molar-refractivity contribution < 1.29 is 28.4 Å². The molecule has 0 saturated carbocycles. The van der Waals surface area contributed by atoms with E-state index in [9.17, 15) is 14.3 Å². The first-order chi connectivity index (χ1) is 14.5. The average molecular weight is 477 g/mol. The zero-order valence-corrected chi connectivity index (χ0v) is 17.6. The van der Waals surface area contributed by atoms with Crippen LogP contribution in [0.25, 0.3) is 11.3 Å². The molecular formula is C21H18BrFN2O5. The maximum atomic E-state index is 13.1. The molecule has 0 spiro atoms. The number of ether oxygens (including phenoxy) is 1. The van der Waals surface area contributed by atoms with Crippen LogP contribution in [-0.2, 0) is 4.84 Å². The molecule has 0 aliphatic carbocycles. The van der Waals surface area contributed by atoms with Crippen LogP contribution < -0.4 is 4.74 Å². The Morgan fingerprint density at radius 1 is 1.23 bits per heavy atom. The standard InChI is InChI=1S/C21H18BrFN2O5/c1-2-9-29-24-19(12-28-15-7-8-17(22)16(10-15)21(26)27)20-11-18(25-30-20)13-3-5-14(23)6-4-13/h3-8,10-11H,2,9,12H2,1H3,(H,26,27). The predicted molar refractivity (Wildman–Crippen MR) is 111 cm³/mol. The van der Waals surface area contributed by atoms with E-state index in [1.165, 1.54) is 18.2 Å². The number of nitrogens with zero attached hydrogens (tertiary/aromatic N) is 2. The van der Waals surface area contributed by atoms with Crippen LogP contribution in [0.3, 0.4) is 0 Å². The van der Waals surface area contributed by atoms with Gasteiger partial charge in [-0.1, -0.05) is 17.2 Å². The molecule has 0 bridgehead atoms. The summed E-state index contributed by atoms with van der Waals surface area (Å²) >= 11 is 3.19. The van der Waals surface area contributed by atoms with Crippen LogP contribution in [0.4, 0.5) is 4.39 Å². The monoisotopic (exact) mass is 476 g/mol. The van der Waals surface area contributed by atoms with Gasteiger partial charge in [-0.05, 0) is 64.8 Å². The van der Waals surface area contributed by atoms with Gasteiger partial charge in [-0.15, -0.1) is 0 Å². The smallest absolute Gasteiger partial charge is 0.336 e. The summed E-state index contributed by atoms with van der Waals surface area (Å²) in [5, 5.41) is 17.3. The molecule has 2 aromatic carbocycles. The molecule has 0 amide bonds. The third-order valence-electron chi connectivity index (χ3n) is 3.95. The van der Waals surface area contributed by atoms with E-state index in [2.05, 4.69) is 26.2 Å². The van der Waals surface area contributed by atoms with E-state index in [-0.39, 0.29) is 18.0 Å². The Morgan fingerprint density at radius 3 is 2.70 bits per heavy atom. The highest BCUT2D eigenvalue weighted by molar-refractivity contribution is 9.10. The van der Waals surface area contributed by atoms with Gasteiger partial charge in [0.05, 0.1) is 5.56 Å². The molecule has 0 saturated heterocycles. The SMILES string of the molecule is CCCON=C(COc1ccc(Br)c(C(=O)O)c1)c1cc(-c2ccc(F)cc2)no1. The molecular weight excluding hydrogens is 459 g/mol. The van der Waals surface area contributed by atoms with Crippen molar-refractivity contribution >= 4 is 27.6 Å². The molecule has 1 N–H and O–H groups in total. The largest absolute Gasteiger partial charge is 0.487 e. The van der Waals surface area contributed by atoms with Gasteiger partial charge in [-0.25, -0.2) is 9.18 Å². The van der Waals surface area contributed by atoms with Crippen molar-refractivity contribution in [3.63, 3.8) is 0 Å². The number of benzene rings is 2. The molecule has 1 aromatic heterocycles. The number of aromatic carboxylic acids is 1. The molecule has 1 heterocycles. The molecule has 7 nitrogen and oxygen atoms in total. The van der Waals surface area contributed by atoms with Crippen molar-refractivity contribution in [1.29, 1.82) is 0 Å². The molecule has 30 heavy (non-hydrogen) atoms. The molecule has 156 valence electrons. The highest BCUT2D eigenvalue weighted by Gasteiger charge is 2.16. The second-order valence-corrected chi connectivity index (χ2v) is 7.04. The van der Waals surface area contributed by atoms with Crippen molar-refractivity contribution in [2.24, 2.45) is 5.16 Å². The molecule has 0 aliphatic rings. The van der Waals surface area contributed by atoms with Crippen molar-refractivity contribution in [3.05, 3.63) is 70.1 Å². The van der Waals surface area contributed by atoms with E-state index < -0.39 is 5.97 Å². The Hall–Kier alpha value is -3.20. The van der Waals surface area contributed by atoms with E-state index in [4.69, 9.17) is 14.1 Å². The zero-order chi connectivity index (χ0) is 21.5. The summed E-state index contributed by atoms with van der Waals surface area (Å²) in [5.41, 5.74) is 1.60. The van der Waals surface area contributed by atoms with Crippen LogP contribution in [0.15, 0.2) is 62.7 Å². The lowest BCUT2D eigenvalue weighted by molar-refractivity contribution is 0.0695. The zero-order valence-electron chi connectivity index (χ0n) is 16.0. The molecule has 0 unspecified atom stereocenters. The number of hydrogen-bond donors (Lipinski definition) is 1. The molecule has 0 fully saturated rings. The molecule has 3 rings (SSSR count). The van der Waals surface area contributed by atoms with Crippen molar-refractivity contribution in [1.82, 2.24) is 5.16 Å². The Bertz CT molecular complexity index is 1050.